The Morgan fingerprint density at radius 1 is 0.276 bits per heavy atom. The highest BCUT2D eigenvalue weighted by Crippen LogP contribution is 2.45. The molecule has 0 aliphatic heterocycles. The highest BCUT2D eigenvalue weighted by atomic mass is 31.2. The van der Waals surface area contributed by atoms with E-state index in [9.17, 15) is 43.2 Å². The number of aliphatic hydroxyl groups excluding tert-OH is 1. The smallest absolute Gasteiger partial charge is 0.462 e. The molecule has 3 N–H and O–H groups in total. The van der Waals surface area contributed by atoms with Crippen molar-refractivity contribution in [1.82, 2.24) is 0 Å². The molecule has 0 spiro atoms. The summed E-state index contributed by atoms with van der Waals surface area (Å²) in [6, 6.07) is 0. The van der Waals surface area contributed by atoms with E-state index in [1.165, 1.54) is 180 Å². The van der Waals surface area contributed by atoms with E-state index < -0.39 is 97.5 Å². The summed E-state index contributed by atoms with van der Waals surface area (Å²) in [5, 5.41) is 10.5. The van der Waals surface area contributed by atoms with Gasteiger partial charge in [-0.05, 0) is 25.7 Å². The van der Waals surface area contributed by atoms with Gasteiger partial charge in [0.1, 0.15) is 19.3 Å². The van der Waals surface area contributed by atoms with E-state index in [1.54, 1.807) is 0 Å². The van der Waals surface area contributed by atoms with Crippen molar-refractivity contribution >= 4 is 39.5 Å². The molecule has 516 valence electrons. The fourth-order valence-electron chi connectivity index (χ4n) is 10.3. The average Bonchev–Trinajstić information content (AvgIpc) is 3.71. The minimum atomic E-state index is -4.95. The van der Waals surface area contributed by atoms with Crippen LogP contribution in [-0.4, -0.2) is 96.7 Å². The molecule has 0 rings (SSSR count). The lowest BCUT2D eigenvalue weighted by atomic mass is 10.0. The molecule has 5 atom stereocenters. The third-order valence-electron chi connectivity index (χ3n) is 15.9. The maximum atomic E-state index is 13.0. The predicted molar refractivity (Wildman–Crippen MR) is 349 cm³/mol. The van der Waals surface area contributed by atoms with E-state index in [0.29, 0.717) is 25.7 Å². The minimum absolute atomic E-state index is 0.106. The van der Waals surface area contributed by atoms with E-state index >= 15 is 0 Å². The monoisotopic (exact) mass is 1280 g/mol. The summed E-state index contributed by atoms with van der Waals surface area (Å²) in [4.78, 5) is 72.2. The van der Waals surface area contributed by atoms with Crippen LogP contribution in [0.4, 0.5) is 0 Å². The second-order valence-corrected chi connectivity index (χ2v) is 27.5. The molecule has 0 saturated heterocycles. The van der Waals surface area contributed by atoms with Crippen molar-refractivity contribution in [2.45, 2.75) is 373 Å². The number of unbranched alkanes of at least 4 members (excludes halogenated alkanes) is 43. The van der Waals surface area contributed by atoms with Gasteiger partial charge in [0.2, 0.25) is 0 Å². The molecule has 0 bridgehead atoms. The standard InChI is InChI=1S/C68H132O17P2/c1-5-9-13-17-20-23-26-28-29-30-31-32-34-37-40-43-47-51-55-68(73)85-64(59-79-66(71)53-49-45-41-38-36-33-27-24-21-18-14-10-6-2)61-83-87(76,77)81-57-62(69)56-80-86(74,75)82-60-63(58-78-65(70)52-48-44-16-12-8-4)84-67(72)54-50-46-42-39-35-25-22-19-15-11-7-3/h62-64,69H,5-61H2,1-4H3,(H,74,75)(H,76,77)/t62-,63+,64+/m0/s1. The summed E-state index contributed by atoms with van der Waals surface area (Å²) >= 11 is 0. The number of carbonyl (C=O) groups is 4. The van der Waals surface area contributed by atoms with Crippen LogP contribution in [0, 0.1) is 0 Å². The van der Waals surface area contributed by atoms with Gasteiger partial charge in [-0.3, -0.25) is 37.3 Å². The van der Waals surface area contributed by atoms with Gasteiger partial charge in [0, 0.05) is 25.7 Å². The molecular formula is C68H132O17P2. The Morgan fingerprint density at radius 2 is 0.460 bits per heavy atom. The zero-order valence-corrected chi connectivity index (χ0v) is 57.8. The molecule has 0 aromatic rings. The van der Waals surface area contributed by atoms with Crippen LogP contribution in [0.5, 0.6) is 0 Å². The summed E-state index contributed by atoms with van der Waals surface area (Å²) in [6.07, 6.45) is 50.3. The zero-order chi connectivity index (χ0) is 64.0. The molecule has 0 radical (unpaired) electrons. The molecule has 0 aromatic carbocycles. The van der Waals surface area contributed by atoms with Gasteiger partial charge in [-0.1, -0.05) is 304 Å². The van der Waals surface area contributed by atoms with Crippen molar-refractivity contribution in [3.63, 3.8) is 0 Å². The van der Waals surface area contributed by atoms with E-state index in [-0.39, 0.29) is 25.7 Å². The lowest BCUT2D eigenvalue weighted by molar-refractivity contribution is -0.161. The summed E-state index contributed by atoms with van der Waals surface area (Å²) in [7, 11) is -9.88. The summed E-state index contributed by atoms with van der Waals surface area (Å²) in [6.45, 7) is 4.84. The highest BCUT2D eigenvalue weighted by molar-refractivity contribution is 7.47. The van der Waals surface area contributed by atoms with E-state index in [0.717, 1.165) is 96.3 Å². The number of esters is 4. The molecular weight excluding hydrogens is 1150 g/mol. The molecule has 2 unspecified atom stereocenters. The van der Waals surface area contributed by atoms with Crippen molar-refractivity contribution in [2.75, 3.05) is 39.6 Å². The number of ether oxygens (including phenoxy) is 4. The Bertz CT molecular complexity index is 1670. The fourth-order valence-corrected chi connectivity index (χ4v) is 11.9. The molecule has 0 aliphatic carbocycles. The summed E-state index contributed by atoms with van der Waals surface area (Å²) < 4.78 is 68.0. The lowest BCUT2D eigenvalue weighted by Gasteiger charge is -2.21. The number of carbonyl (C=O) groups excluding carboxylic acids is 4. The van der Waals surface area contributed by atoms with Gasteiger partial charge in [-0.15, -0.1) is 0 Å². The number of aliphatic hydroxyl groups is 1. The van der Waals surface area contributed by atoms with Gasteiger partial charge < -0.3 is 33.8 Å². The first-order valence-corrected chi connectivity index (χ1v) is 38.8. The molecule has 19 heteroatoms. The summed E-state index contributed by atoms with van der Waals surface area (Å²) in [5.41, 5.74) is 0. The molecule has 0 saturated carbocycles. The second kappa shape index (κ2) is 62.8. The molecule has 87 heavy (non-hydrogen) atoms. The first-order chi connectivity index (χ1) is 42.2. The maximum absolute atomic E-state index is 13.0. The summed E-state index contributed by atoms with van der Waals surface area (Å²) in [5.74, 6) is -2.13. The van der Waals surface area contributed by atoms with Crippen molar-refractivity contribution in [1.29, 1.82) is 0 Å². The van der Waals surface area contributed by atoms with Crippen LogP contribution in [0.3, 0.4) is 0 Å². The maximum Gasteiger partial charge on any atom is 0.472 e. The third kappa shape index (κ3) is 62.6. The largest absolute Gasteiger partial charge is 0.472 e. The van der Waals surface area contributed by atoms with Crippen molar-refractivity contribution in [3.8, 4) is 0 Å². The van der Waals surface area contributed by atoms with Crippen LogP contribution >= 0.6 is 15.6 Å². The van der Waals surface area contributed by atoms with Gasteiger partial charge >= 0.3 is 39.5 Å². The third-order valence-corrected chi connectivity index (χ3v) is 17.8. The van der Waals surface area contributed by atoms with Gasteiger partial charge in [-0.2, -0.15) is 0 Å². The molecule has 0 aliphatic rings. The van der Waals surface area contributed by atoms with Gasteiger partial charge in [0.15, 0.2) is 12.2 Å². The number of phosphoric ester groups is 2. The highest BCUT2D eigenvalue weighted by Gasteiger charge is 2.30. The Morgan fingerprint density at radius 3 is 0.678 bits per heavy atom. The van der Waals surface area contributed by atoms with Crippen LogP contribution < -0.4 is 0 Å². The molecule has 0 amide bonds. The lowest BCUT2D eigenvalue weighted by Crippen LogP contribution is -2.30. The normalized spacial score (nSPS) is 14.1. The van der Waals surface area contributed by atoms with Crippen molar-refractivity contribution < 1.29 is 80.2 Å². The van der Waals surface area contributed by atoms with Crippen LogP contribution in [0.1, 0.15) is 355 Å². The van der Waals surface area contributed by atoms with Gasteiger partial charge in [0.05, 0.1) is 26.4 Å². The topological polar surface area (TPSA) is 237 Å². The Hall–Kier alpha value is -1.94. The second-order valence-electron chi connectivity index (χ2n) is 24.6. The average molecular weight is 1280 g/mol. The molecule has 0 heterocycles. The Balaban J connectivity index is 5.14. The van der Waals surface area contributed by atoms with Crippen LogP contribution in [0.2, 0.25) is 0 Å². The number of hydrogen-bond acceptors (Lipinski definition) is 15. The van der Waals surface area contributed by atoms with Crippen molar-refractivity contribution in [2.24, 2.45) is 0 Å². The van der Waals surface area contributed by atoms with E-state index in [1.807, 2.05) is 0 Å². The number of hydrogen-bond donors (Lipinski definition) is 3. The van der Waals surface area contributed by atoms with Gasteiger partial charge in [0.25, 0.3) is 0 Å². The fraction of sp³-hybridized carbons (Fsp3) is 0.941. The zero-order valence-electron chi connectivity index (χ0n) is 56.0. The molecule has 17 nitrogen and oxygen atoms in total. The van der Waals surface area contributed by atoms with Crippen LogP contribution in [-0.2, 0) is 65.4 Å². The SMILES string of the molecule is CCCCCCCCCCCCCCCCCCCCC(=O)O[C@H](COC(=O)CCCCCCCCCCCCCCC)COP(=O)(O)OC[C@@H](O)COP(=O)(O)OC[C@@H](COC(=O)CCCCCCC)OC(=O)CCCCCCCCCCCCC. The first-order valence-electron chi connectivity index (χ1n) is 35.8. The van der Waals surface area contributed by atoms with Crippen molar-refractivity contribution in [3.05, 3.63) is 0 Å². The predicted octanol–water partition coefficient (Wildman–Crippen LogP) is 19.5. The number of phosphoric acid groups is 2. The van der Waals surface area contributed by atoms with Gasteiger partial charge in [-0.25, -0.2) is 9.13 Å². The molecule has 0 fully saturated rings. The first kappa shape index (κ1) is 85.1. The van der Waals surface area contributed by atoms with Crippen LogP contribution in [0.25, 0.3) is 0 Å². The van der Waals surface area contributed by atoms with Crippen LogP contribution in [0.15, 0.2) is 0 Å². The molecule has 0 aromatic heterocycles. The van der Waals surface area contributed by atoms with E-state index in [2.05, 4.69) is 27.7 Å². The minimum Gasteiger partial charge on any atom is -0.462 e. The van der Waals surface area contributed by atoms with E-state index in [4.69, 9.17) is 37.0 Å². The Labute approximate surface area is 530 Å². The quantitative estimate of drug-likeness (QED) is 0.0222. The Kier molecular flexibility index (Phi) is 61.4. The number of rotatable bonds is 69.